The van der Waals surface area contributed by atoms with Crippen LogP contribution in [0.2, 0.25) is 5.02 Å². The van der Waals surface area contributed by atoms with E-state index < -0.39 is 24.0 Å². The fraction of sp³-hybridized carbons (Fsp3) is 0.222. The maximum atomic E-state index is 12.5. The molecular weight excluding hydrogens is 328 g/mol. The molecule has 126 valence electrons. The monoisotopic (exact) mass is 346 g/mol. The number of primary amides is 1. The second kappa shape index (κ2) is 8.47. The van der Waals surface area contributed by atoms with Gasteiger partial charge < -0.3 is 15.8 Å². The van der Waals surface area contributed by atoms with Crippen molar-refractivity contribution in [2.45, 2.75) is 18.6 Å². The van der Waals surface area contributed by atoms with Gasteiger partial charge >= 0.3 is 0 Å². The van der Waals surface area contributed by atoms with E-state index in [4.69, 9.17) is 22.1 Å². The molecule has 0 aliphatic heterocycles. The van der Waals surface area contributed by atoms with Crippen molar-refractivity contribution in [2.75, 3.05) is 7.11 Å². The number of nitrogens with one attached hydrogen (secondary N) is 1. The largest absolute Gasteiger partial charge is 0.368 e. The summed E-state index contributed by atoms with van der Waals surface area (Å²) in [6.07, 6.45) is -0.526. The first-order valence-corrected chi connectivity index (χ1v) is 7.81. The molecule has 0 aliphatic rings. The Hall–Kier alpha value is -2.37. The minimum absolute atomic E-state index is 0.281. The summed E-state index contributed by atoms with van der Waals surface area (Å²) < 4.78 is 5.26. The molecule has 0 aromatic heterocycles. The van der Waals surface area contributed by atoms with Crippen molar-refractivity contribution in [3.63, 3.8) is 0 Å². The maximum absolute atomic E-state index is 12.5. The summed E-state index contributed by atoms with van der Waals surface area (Å²) in [5.41, 5.74) is 6.97. The van der Waals surface area contributed by atoms with Gasteiger partial charge in [-0.3, -0.25) is 9.59 Å². The fourth-order valence-electron chi connectivity index (χ4n) is 2.35. The Morgan fingerprint density at radius 3 is 2.29 bits per heavy atom. The van der Waals surface area contributed by atoms with Crippen molar-refractivity contribution in [3.05, 3.63) is 70.7 Å². The molecule has 0 fully saturated rings. The van der Waals surface area contributed by atoms with Crippen LogP contribution in [0, 0.1) is 0 Å². The lowest BCUT2D eigenvalue weighted by atomic mass is 10.0. The van der Waals surface area contributed by atoms with Gasteiger partial charge in [0.05, 0.1) is 0 Å². The smallest absolute Gasteiger partial charge is 0.254 e. The second-order valence-electron chi connectivity index (χ2n) is 5.32. The second-order valence-corrected chi connectivity index (χ2v) is 5.76. The highest BCUT2D eigenvalue weighted by molar-refractivity contribution is 6.30. The Bertz CT molecular complexity index is 689. The van der Waals surface area contributed by atoms with Gasteiger partial charge in [0.2, 0.25) is 5.91 Å². The zero-order valence-corrected chi connectivity index (χ0v) is 14.0. The highest BCUT2D eigenvalue weighted by Gasteiger charge is 2.25. The third kappa shape index (κ3) is 4.81. The van der Waals surface area contributed by atoms with Gasteiger partial charge in [-0.15, -0.1) is 0 Å². The summed E-state index contributed by atoms with van der Waals surface area (Å²) in [6.45, 7) is 0. The molecule has 0 saturated heterocycles. The number of methoxy groups -OCH3 is 1. The van der Waals surface area contributed by atoms with Crippen molar-refractivity contribution in [1.82, 2.24) is 5.32 Å². The van der Waals surface area contributed by atoms with Crippen molar-refractivity contribution in [1.29, 1.82) is 0 Å². The van der Waals surface area contributed by atoms with Crippen LogP contribution in [0.5, 0.6) is 0 Å². The molecule has 3 N–H and O–H groups in total. The summed E-state index contributed by atoms with van der Waals surface area (Å²) in [5, 5.41) is 3.26. The van der Waals surface area contributed by atoms with E-state index in [9.17, 15) is 9.59 Å². The number of halogens is 1. The van der Waals surface area contributed by atoms with E-state index in [2.05, 4.69) is 5.32 Å². The lowest BCUT2D eigenvalue weighted by Gasteiger charge is -2.20. The van der Waals surface area contributed by atoms with E-state index in [0.717, 1.165) is 5.56 Å². The maximum Gasteiger partial charge on any atom is 0.254 e. The molecule has 2 rings (SSSR count). The van der Waals surface area contributed by atoms with Gasteiger partial charge in [0.1, 0.15) is 6.04 Å². The Balaban J connectivity index is 2.10. The molecule has 6 heteroatoms. The quantitative estimate of drug-likeness (QED) is 0.806. The number of carbonyl (C=O) groups is 2. The lowest BCUT2D eigenvalue weighted by molar-refractivity contribution is -0.134. The van der Waals surface area contributed by atoms with Crippen LogP contribution in [-0.4, -0.2) is 25.0 Å². The molecule has 0 saturated carbocycles. The molecule has 0 unspecified atom stereocenters. The van der Waals surface area contributed by atoms with E-state index in [0.29, 0.717) is 10.6 Å². The van der Waals surface area contributed by atoms with Gasteiger partial charge in [0, 0.05) is 18.6 Å². The van der Waals surface area contributed by atoms with Crippen LogP contribution in [0.25, 0.3) is 0 Å². The molecule has 2 amide bonds. The minimum Gasteiger partial charge on any atom is -0.368 e. The Labute approximate surface area is 145 Å². The number of benzene rings is 2. The molecule has 2 aromatic carbocycles. The predicted molar refractivity (Wildman–Crippen MR) is 92.5 cm³/mol. The van der Waals surface area contributed by atoms with Crippen LogP contribution in [0.3, 0.4) is 0 Å². The summed E-state index contributed by atoms with van der Waals surface area (Å²) in [4.78, 5) is 24.2. The van der Waals surface area contributed by atoms with Gasteiger partial charge in [-0.05, 0) is 23.3 Å². The first kappa shape index (κ1) is 18.0. The standard InChI is InChI=1S/C18H19ClN2O3/c1-24-16(13-5-3-2-4-6-13)18(23)21-15(17(20)22)11-12-7-9-14(19)10-8-12/h2-10,15-16H,11H2,1H3,(H2,20,22)(H,21,23)/t15-,16-/m0/s1. The van der Waals surface area contributed by atoms with Gasteiger partial charge in [-0.25, -0.2) is 0 Å². The van der Waals surface area contributed by atoms with Crippen LogP contribution in [0.15, 0.2) is 54.6 Å². The molecule has 2 atom stereocenters. The van der Waals surface area contributed by atoms with E-state index >= 15 is 0 Å². The summed E-state index contributed by atoms with van der Waals surface area (Å²) in [7, 11) is 1.44. The zero-order valence-electron chi connectivity index (χ0n) is 13.2. The van der Waals surface area contributed by atoms with Crippen LogP contribution in [0.4, 0.5) is 0 Å². The summed E-state index contributed by atoms with van der Waals surface area (Å²) in [5.74, 6) is -1.03. The van der Waals surface area contributed by atoms with Crippen molar-refractivity contribution in [2.24, 2.45) is 5.73 Å². The van der Waals surface area contributed by atoms with Crippen molar-refractivity contribution < 1.29 is 14.3 Å². The third-order valence-electron chi connectivity index (χ3n) is 3.59. The van der Waals surface area contributed by atoms with Crippen LogP contribution < -0.4 is 11.1 Å². The van der Waals surface area contributed by atoms with Gasteiger partial charge in [-0.1, -0.05) is 54.1 Å². The number of hydrogen-bond donors (Lipinski definition) is 2. The van der Waals surface area contributed by atoms with Gasteiger partial charge in [0.15, 0.2) is 6.10 Å². The first-order chi connectivity index (χ1) is 11.5. The number of amides is 2. The summed E-state index contributed by atoms with van der Waals surface area (Å²) >= 11 is 5.85. The lowest BCUT2D eigenvalue weighted by Crippen LogP contribution is -2.47. The van der Waals surface area contributed by atoms with E-state index in [-0.39, 0.29) is 6.42 Å². The number of hydrogen-bond acceptors (Lipinski definition) is 3. The molecule has 0 heterocycles. The topological polar surface area (TPSA) is 81.4 Å². The fourth-order valence-corrected chi connectivity index (χ4v) is 2.47. The number of ether oxygens (including phenoxy) is 1. The highest BCUT2D eigenvalue weighted by Crippen LogP contribution is 2.17. The molecule has 5 nitrogen and oxygen atoms in total. The van der Waals surface area contributed by atoms with Gasteiger partial charge in [0.25, 0.3) is 5.91 Å². The molecule has 24 heavy (non-hydrogen) atoms. The molecule has 0 radical (unpaired) electrons. The highest BCUT2D eigenvalue weighted by atomic mass is 35.5. The Morgan fingerprint density at radius 2 is 1.75 bits per heavy atom. The number of carbonyl (C=O) groups excluding carboxylic acids is 2. The van der Waals surface area contributed by atoms with Crippen molar-refractivity contribution >= 4 is 23.4 Å². The third-order valence-corrected chi connectivity index (χ3v) is 3.84. The molecule has 0 spiro atoms. The van der Waals surface area contributed by atoms with Crippen LogP contribution in [0.1, 0.15) is 17.2 Å². The predicted octanol–water partition coefficient (Wildman–Crippen LogP) is 2.24. The van der Waals surface area contributed by atoms with Crippen LogP contribution >= 0.6 is 11.6 Å². The first-order valence-electron chi connectivity index (χ1n) is 7.43. The average molecular weight is 347 g/mol. The average Bonchev–Trinajstić information content (AvgIpc) is 2.57. The molecular formula is C18H19ClN2O3. The van der Waals surface area contributed by atoms with E-state index in [1.54, 1.807) is 36.4 Å². The van der Waals surface area contributed by atoms with Crippen molar-refractivity contribution in [3.8, 4) is 0 Å². The van der Waals surface area contributed by atoms with E-state index in [1.807, 2.05) is 18.2 Å². The minimum atomic E-state index is -0.833. The molecule has 0 bridgehead atoms. The Morgan fingerprint density at radius 1 is 1.12 bits per heavy atom. The molecule has 0 aliphatic carbocycles. The normalized spacial score (nSPS) is 13.1. The van der Waals surface area contributed by atoms with Gasteiger partial charge in [-0.2, -0.15) is 0 Å². The number of rotatable bonds is 7. The Kier molecular flexibility index (Phi) is 6.35. The number of nitrogens with two attached hydrogens (primary N) is 1. The SMILES string of the molecule is CO[C@H](C(=O)N[C@@H](Cc1ccc(Cl)cc1)C(N)=O)c1ccccc1. The van der Waals surface area contributed by atoms with E-state index in [1.165, 1.54) is 7.11 Å². The van der Waals surface area contributed by atoms with Crippen LogP contribution in [-0.2, 0) is 20.7 Å². The molecule has 2 aromatic rings. The summed E-state index contributed by atoms with van der Waals surface area (Å²) in [6, 6.07) is 15.2. The zero-order chi connectivity index (χ0) is 17.5.